The molecule has 0 radical (unpaired) electrons. The Labute approximate surface area is 158 Å². The second-order valence-electron chi connectivity index (χ2n) is 7.14. The quantitative estimate of drug-likeness (QED) is 0.865. The minimum atomic E-state index is -3.97. The minimum absolute atomic E-state index is 0.0559. The highest BCUT2D eigenvalue weighted by Crippen LogP contribution is 2.42. The first-order valence-electron chi connectivity index (χ1n) is 9.12. The van der Waals surface area contributed by atoms with Gasteiger partial charge >= 0.3 is 5.97 Å². The molecular weight excluding hydrogens is 366 g/mol. The lowest BCUT2D eigenvalue weighted by molar-refractivity contribution is -0.141. The number of nitrogens with zero attached hydrogens (tertiary/aromatic N) is 3. The Kier molecular flexibility index (Phi) is 4.69. The van der Waals surface area contributed by atoms with Gasteiger partial charge in [-0.25, -0.2) is 18.4 Å². The van der Waals surface area contributed by atoms with Gasteiger partial charge in [-0.15, -0.1) is 0 Å². The molecule has 1 saturated carbocycles. The topological polar surface area (TPSA) is 100 Å². The molecule has 2 heterocycles. The van der Waals surface area contributed by atoms with Gasteiger partial charge in [0.25, 0.3) is 0 Å². The van der Waals surface area contributed by atoms with E-state index in [1.807, 2.05) is 30.3 Å². The molecule has 3 unspecified atom stereocenters. The Hall–Kier alpha value is -2.32. The van der Waals surface area contributed by atoms with E-state index in [9.17, 15) is 18.3 Å². The van der Waals surface area contributed by atoms with E-state index in [1.165, 1.54) is 16.7 Å². The second-order valence-corrected chi connectivity index (χ2v) is 8.99. The van der Waals surface area contributed by atoms with E-state index in [1.54, 1.807) is 0 Å². The minimum Gasteiger partial charge on any atom is -0.480 e. The van der Waals surface area contributed by atoms with Crippen LogP contribution in [-0.4, -0.2) is 45.9 Å². The van der Waals surface area contributed by atoms with E-state index in [0.717, 1.165) is 24.8 Å². The second kappa shape index (κ2) is 7.01. The van der Waals surface area contributed by atoms with Crippen LogP contribution in [0.15, 0.2) is 47.6 Å². The molecule has 1 aliphatic carbocycles. The Morgan fingerprint density at radius 2 is 1.74 bits per heavy atom. The van der Waals surface area contributed by atoms with Crippen molar-refractivity contribution in [3.63, 3.8) is 0 Å². The molecule has 3 atom stereocenters. The monoisotopic (exact) mass is 387 g/mol. The van der Waals surface area contributed by atoms with Gasteiger partial charge in [0.2, 0.25) is 10.0 Å². The number of sulfonamides is 1. The lowest BCUT2D eigenvalue weighted by atomic mass is 9.85. The van der Waals surface area contributed by atoms with Crippen LogP contribution in [-0.2, 0) is 14.8 Å². The molecule has 2 aliphatic rings. The molecule has 4 rings (SSSR count). The van der Waals surface area contributed by atoms with Crippen molar-refractivity contribution in [1.82, 2.24) is 14.3 Å². The molecular formula is C19H21N3O4S. The molecule has 2 aromatic rings. The first-order valence-corrected chi connectivity index (χ1v) is 10.6. The highest BCUT2D eigenvalue weighted by Gasteiger charge is 2.51. The van der Waals surface area contributed by atoms with Gasteiger partial charge in [0.15, 0.2) is 5.82 Å². The fraction of sp³-hybridized carbons (Fsp3) is 0.421. The van der Waals surface area contributed by atoms with Gasteiger partial charge in [-0.05, 0) is 25.2 Å². The first-order chi connectivity index (χ1) is 13.0. The summed E-state index contributed by atoms with van der Waals surface area (Å²) in [4.78, 5) is 20.1. The average Bonchev–Trinajstić information content (AvgIpc) is 3.09. The summed E-state index contributed by atoms with van der Waals surface area (Å²) in [5, 5.41) is 9.60. The van der Waals surface area contributed by atoms with E-state index < -0.39 is 22.0 Å². The van der Waals surface area contributed by atoms with E-state index >= 15 is 0 Å². The molecule has 1 aromatic carbocycles. The molecule has 7 nitrogen and oxygen atoms in total. The van der Waals surface area contributed by atoms with Gasteiger partial charge in [0.1, 0.15) is 10.9 Å². The number of aromatic nitrogens is 2. The third kappa shape index (κ3) is 3.23. The summed E-state index contributed by atoms with van der Waals surface area (Å²) in [6.07, 6.45) is 6.46. The van der Waals surface area contributed by atoms with Crippen LogP contribution in [0.3, 0.4) is 0 Å². The molecule has 8 heteroatoms. The SMILES string of the molecule is O=C(O)C1CC2CCCCC2N1S(=O)(=O)c1cnc(-c2ccccc2)nc1. The zero-order chi connectivity index (χ0) is 19.0. The molecule has 0 bridgehead atoms. The van der Waals surface area contributed by atoms with Crippen molar-refractivity contribution >= 4 is 16.0 Å². The Morgan fingerprint density at radius 1 is 1.07 bits per heavy atom. The number of rotatable bonds is 4. The lowest BCUT2D eigenvalue weighted by Crippen LogP contribution is -2.46. The van der Waals surface area contributed by atoms with Crippen molar-refractivity contribution in [3.05, 3.63) is 42.7 Å². The predicted octanol–water partition coefficient (Wildman–Crippen LogP) is 2.55. The van der Waals surface area contributed by atoms with E-state index in [-0.39, 0.29) is 16.9 Å². The predicted molar refractivity (Wildman–Crippen MR) is 98.3 cm³/mol. The summed E-state index contributed by atoms with van der Waals surface area (Å²) >= 11 is 0. The van der Waals surface area contributed by atoms with Crippen molar-refractivity contribution in [1.29, 1.82) is 0 Å². The number of aliphatic carboxylic acids is 1. The Bertz CT molecular complexity index is 931. The van der Waals surface area contributed by atoms with Crippen LogP contribution in [0, 0.1) is 5.92 Å². The number of carboxylic acids is 1. The molecule has 2 fully saturated rings. The maximum Gasteiger partial charge on any atom is 0.322 e. The smallest absolute Gasteiger partial charge is 0.322 e. The van der Waals surface area contributed by atoms with Gasteiger partial charge in [-0.1, -0.05) is 43.2 Å². The first kappa shape index (κ1) is 18.1. The number of fused-ring (bicyclic) bond motifs is 1. The molecule has 1 N–H and O–H groups in total. The zero-order valence-electron chi connectivity index (χ0n) is 14.7. The van der Waals surface area contributed by atoms with Crippen LogP contribution >= 0.6 is 0 Å². The molecule has 27 heavy (non-hydrogen) atoms. The van der Waals surface area contributed by atoms with Crippen molar-refractivity contribution in [2.75, 3.05) is 0 Å². The van der Waals surface area contributed by atoms with Gasteiger partial charge in [-0.2, -0.15) is 4.31 Å². The average molecular weight is 387 g/mol. The number of carboxylic acid groups (broad SMARTS) is 1. The van der Waals surface area contributed by atoms with Crippen LogP contribution in [0.25, 0.3) is 11.4 Å². The summed E-state index contributed by atoms with van der Waals surface area (Å²) < 4.78 is 27.7. The summed E-state index contributed by atoms with van der Waals surface area (Å²) in [6, 6.07) is 8.01. The lowest BCUT2D eigenvalue weighted by Gasteiger charge is -2.31. The molecule has 142 valence electrons. The van der Waals surface area contributed by atoms with Gasteiger partial charge in [0, 0.05) is 11.6 Å². The molecule has 0 spiro atoms. The summed E-state index contributed by atoms with van der Waals surface area (Å²) in [5.74, 6) is -0.546. The number of carbonyl (C=O) groups is 1. The third-order valence-electron chi connectivity index (χ3n) is 5.55. The Balaban J connectivity index is 1.68. The van der Waals surface area contributed by atoms with Crippen molar-refractivity contribution in [3.8, 4) is 11.4 Å². The Morgan fingerprint density at radius 3 is 2.41 bits per heavy atom. The largest absolute Gasteiger partial charge is 0.480 e. The van der Waals surface area contributed by atoms with Gasteiger partial charge < -0.3 is 5.11 Å². The maximum absolute atomic E-state index is 13.2. The fourth-order valence-electron chi connectivity index (χ4n) is 4.28. The van der Waals surface area contributed by atoms with Crippen molar-refractivity contribution in [2.45, 2.75) is 49.1 Å². The summed E-state index contributed by atoms with van der Waals surface area (Å²) in [7, 11) is -3.97. The van der Waals surface area contributed by atoms with E-state index in [2.05, 4.69) is 9.97 Å². The number of hydrogen-bond acceptors (Lipinski definition) is 5. The van der Waals surface area contributed by atoms with Crippen molar-refractivity contribution in [2.24, 2.45) is 5.92 Å². The molecule has 1 aliphatic heterocycles. The van der Waals surface area contributed by atoms with E-state index in [0.29, 0.717) is 18.7 Å². The third-order valence-corrected chi connectivity index (χ3v) is 7.44. The van der Waals surface area contributed by atoms with Crippen LogP contribution in [0.2, 0.25) is 0 Å². The number of benzene rings is 1. The van der Waals surface area contributed by atoms with Gasteiger partial charge in [0.05, 0.1) is 12.4 Å². The normalized spacial score (nSPS) is 25.9. The molecule has 1 saturated heterocycles. The maximum atomic E-state index is 13.2. The van der Waals surface area contributed by atoms with Crippen molar-refractivity contribution < 1.29 is 18.3 Å². The molecule has 1 aromatic heterocycles. The standard InChI is InChI=1S/C19H21N3O4S/c23-19(24)17-10-14-8-4-5-9-16(14)22(17)27(25,26)15-11-20-18(21-12-15)13-6-2-1-3-7-13/h1-3,6-7,11-12,14,16-17H,4-5,8-10H2,(H,23,24). The zero-order valence-corrected chi connectivity index (χ0v) is 15.5. The fourth-order valence-corrected chi connectivity index (χ4v) is 6.04. The highest BCUT2D eigenvalue weighted by atomic mass is 32.2. The van der Waals surface area contributed by atoms with Gasteiger partial charge in [-0.3, -0.25) is 4.79 Å². The number of hydrogen-bond donors (Lipinski definition) is 1. The van der Waals surface area contributed by atoms with Crippen LogP contribution < -0.4 is 0 Å². The summed E-state index contributed by atoms with van der Waals surface area (Å²) in [5.41, 5.74) is 0.790. The summed E-state index contributed by atoms with van der Waals surface area (Å²) in [6.45, 7) is 0. The highest BCUT2D eigenvalue weighted by molar-refractivity contribution is 7.89. The molecule has 0 amide bonds. The van der Waals surface area contributed by atoms with E-state index in [4.69, 9.17) is 0 Å². The van der Waals surface area contributed by atoms with Crippen LogP contribution in [0.1, 0.15) is 32.1 Å². The van der Waals surface area contributed by atoms with Crippen LogP contribution in [0.4, 0.5) is 0 Å². The van der Waals surface area contributed by atoms with Crippen LogP contribution in [0.5, 0.6) is 0 Å².